The minimum atomic E-state index is -3.39. The Morgan fingerprint density at radius 2 is 1.88 bits per heavy atom. The molecule has 16 heavy (non-hydrogen) atoms. The molecular weight excluding hydrogens is 290 g/mol. The monoisotopic (exact) mass is 299 g/mol. The normalized spacial score (nSPS) is 11.9. The molecular formula is C11H10BrNO2S. The van der Waals surface area contributed by atoms with Crippen molar-refractivity contribution < 1.29 is 8.42 Å². The first-order valence-corrected chi connectivity index (χ1v) is 6.94. The van der Waals surface area contributed by atoms with Crippen molar-refractivity contribution in [1.82, 2.24) is 4.72 Å². The van der Waals surface area contributed by atoms with Crippen LogP contribution in [0.3, 0.4) is 0 Å². The zero-order chi connectivity index (χ0) is 11.8. The third kappa shape index (κ3) is 1.98. The summed E-state index contributed by atoms with van der Waals surface area (Å²) in [5.74, 6) is 0. The molecule has 1 N–H and O–H groups in total. The average molecular weight is 300 g/mol. The lowest BCUT2D eigenvalue weighted by Crippen LogP contribution is -2.18. The van der Waals surface area contributed by atoms with Crippen LogP contribution in [0.1, 0.15) is 0 Å². The van der Waals surface area contributed by atoms with Crippen molar-refractivity contribution in [3.8, 4) is 0 Å². The van der Waals surface area contributed by atoms with Crippen molar-refractivity contribution in [2.45, 2.75) is 4.90 Å². The van der Waals surface area contributed by atoms with Crippen LogP contribution in [0.15, 0.2) is 45.8 Å². The van der Waals surface area contributed by atoms with E-state index >= 15 is 0 Å². The van der Waals surface area contributed by atoms with Crippen LogP contribution in [0.5, 0.6) is 0 Å². The van der Waals surface area contributed by atoms with Gasteiger partial charge in [-0.25, -0.2) is 13.1 Å². The average Bonchev–Trinajstić information content (AvgIpc) is 2.29. The predicted molar refractivity (Wildman–Crippen MR) is 67.9 cm³/mol. The van der Waals surface area contributed by atoms with Gasteiger partial charge in [-0.2, -0.15) is 0 Å². The summed E-state index contributed by atoms with van der Waals surface area (Å²) in [5.41, 5.74) is 0. The van der Waals surface area contributed by atoms with Crippen molar-refractivity contribution in [3.05, 3.63) is 40.9 Å². The van der Waals surface area contributed by atoms with E-state index < -0.39 is 10.0 Å². The Bertz CT molecular complexity index is 637. The maximum atomic E-state index is 11.7. The van der Waals surface area contributed by atoms with Gasteiger partial charge in [0, 0.05) is 4.47 Å². The molecule has 3 nitrogen and oxygen atoms in total. The van der Waals surface area contributed by atoms with Gasteiger partial charge in [-0.15, -0.1) is 0 Å². The van der Waals surface area contributed by atoms with Crippen molar-refractivity contribution in [1.29, 1.82) is 0 Å². The lowest BCUT2D eigenvalue weighted by atomic mass is 10.1. The van der Waals surface area contributed by atoms with E-state index in [-0.39, 0.29) is 4.90 Å². The number of sulfonamides is 1. The number of hydrogen-bond acceptors (Lipinski definition) is 2. The molecule has 0 fully saturated rings. The van der Waals surface area contributed by atoms with E-state index in [9.17, 15) is 8.42 Å². The van der Waals surface area contributed by atoms with E-state index in [0.717, 1.165) is 15.2 Å². The van der Waals surface area contributed by atoms with Gasteiger partial charge in [-0.1, -0.05) is 40.2 Å². The van der Waals surface area contributed by atoms with Gasteiger partial charge in [0.1, 0.15) is 0 Å². The molecule has 0 aliphatic rings. The molecule has 0 saturated heterocycles. The number of fused-ring (bicyclic) bond motifs is 1. The Hall–Kier alpha value is -0.910. The van der Waals surface area contributed by atoms with Crippen LogP contribution in [0.4, 0.5) is 0 Å². The second kappa shape index (κ2) is 4.16. The molecule has 0 radical (unpaired) electrons. The molecule has 0 atom stereocenters. The summed E-state index contributed by atoms with van der Waals surface area (Å²) in [7, 11) is -1.99. The zero-order valence-corrected chi connectivity index (χ0v) is 11.0. The maximum absolute atomic E-state index is 11.7. The standard InChI is InChI=1S/C11H10BrNO2S/c1-13-16(14,15)9-6-8-4-2-3-5-10(8)11(12)7-9/h2-7,13H,1H3. The van der Waals surface area contributed by atoms with Crippen molar-refractivity contribution in [2.24, 2.45) is 0 Å². The third-order valence-corrected chi connectivity index (χ3v) is 4.41. The Morgan fingerprint density at radius 1 is 1.19 bits per heavy atom. The van der Waals surface area contributed by atoms with Gasteiger partial charge in [-0.3, -0.25) is 0 Å². The van der Waals surface area contributed by atoms with Crippen LogP contribution in [-0.2, 0) is 10.0 Å². The van der Waals surface area contributed by atoms with E-state index in [2.05, 4.69) is 20.7 Å². The van der Waals surface area contributed by atoms with Crippen LogP contribution in [0.25, 0.3) is 10.8 Å². The van der Waals surface area contributed by atoms with Crippen molar-refractivity contribution >= 4 is 36.7 Å². The number of benzene rings is 2. The predicted octanol–water partition coefficient (Wildman–Crippen LogP) is 2.51. The molecule has 0 heterocycles. The van der Waals surface area contributed by atoms with Crippen LogP contribution < -0.4 is 4.72 Å². The summed E-state index contributed by atoms with van der Waals surface area (Å²) in [6.45, 7) is 0. The Labute approximate surface area is 103 Å². The summed E-state index contributed by atoms with van der Waals surface area (Å²) < 4.78 is 26.4. The van der Waals surface area contributed by atoms with E-state index in [1.165, 1.54) is 7.05 Å². The third-order valence-electron chi connectivity index (χ3n) is 2.36. The van der Waals surface area contributed by atoms with Crippen LogP contribution in [-0.4, -0.2) is 15.5 Å². The van der Waals surface area contributed by atoms with Crippen LogP contribution >= 0.6 is 15.9 Å². The lowest BCUT2D eigenvalue weighted by Gasteiger charge is -2.06. The highest BCUT2D eigenvalue weighted by Crippen LogP contribution is 2.27. The molecule has 2 aromatic carbocycles. The summed E-state index contributed by atoms with van der Waals surface area (Å²) in [6, 6.07) is 10.9. The second-order valence-electron chi connectivity index (χ2n) is 3.33. The number of halogens is 1. The highest BCUT2D eigenvalue weighted by Gasteiger charge is 2.13. The highest BCUT2D eigenvalue weighted by molar-refractivity contribution is 9.10. The Morgan fingerprint density at radius 3 is 2.56 bits per heavy atom. The Kier molecular flexibility index (Phi) is 3.01. The quantitative estimate of drug-likeness (QED) is 0.926. The number of nitrogens with one attached hydrogen (secondary N) is 1. The second-order valence-corrected chi connectivity index (χ2v) is 6.07. The van der Waals surface area contributed by atoms with E-state index in [0.29, 0.717) is 0 Å². The summed E-state index contributed by atoms with van der Waals surface area (Å²) >= 11 is 3.38. The first kappa shape index (κ1) is 11.6. The smallest absolute Gasteiger partial charge is 0.214 e. The van der Waals surface area contributed by atoms with Gasteiger partial charge in [-0.05, 0) is 30.0 Å². The van der Waals surface area contributed by atoms with Gasteiger partial charge in [0.25, 0.3) is 0 Å². The van der Waals surface area contributed by atoms with Crippen molar-refractivity contribution in [2.75, 3.05) is 7.05 Å². The van der Waals surface area contributed by atoms with Crippen LogP contribution in [0.2, 0.25) is 0 Å². The molecule has 0 aliphatic heterocycles. The molecule has 0 amide bonds. The number of rotatable bonds is 2. The lowest BCUT2D eigenvalue weighted by molar-refractivity contribution is 0.588. The molecule has 5 heteroatoms. The fourth-order valence-corrected chi connectivity index (χ4v) is 3.06. The molecule has 2 rings (SSSR count). The van der Waals surface area contributed by atoms with Crippen molar-refractivity contribution in [3.63, 3.8) is 0 Å². The van der Waals surface area contributed by atoms with E-state index in [1.807, 2.05) is 24.3 Å². The van der Waals surface area contributed by atoms with Gasteiger partial charge in [0.05, 0.1) is 4.90 Å². The topological polar surface area (TPSA) is 46.2 Å². The zero-order valence-electron chi connectivity index (χ0n) is 8.57. The highest BCUT2D eigenvalue weighted by atomic mass is 79.9. The Balaban J connectivity index is 2.77. The van der Waals surface area contributed by atoms with E-state index in [1.54, 1.807) is 12.1 Å². The molecule has 0 bridgehead atoms. The molecule has 0 saturated carbocycles. The number of hydrogen-bond donors (Lipinski definition) is 1. The van der Waals surface area contributed by atoms with Gasteiger partial charge >= 0.3 is 0 Å². The summed E-state index contributed by atoms with van der Waals surface area (Å²) in [5, 5.41) is 1.89. The maximum Gasteiger partial charge on any atom is 0.240 e. The first-order chi connectivity index (χ1) is 7.54. The first-order valence-electron chi connectivity index (χ1n) is 4.66. The summed E-state index contributed by atoms with van der Waals surface area (Å²) in [6.07, 6.45) is 0. The molecule has 0 spiro atoms. The molecule has 84 valence electrons. The summed E-state index contributed by atoms with van der Waals surface area (Å²) in [4.78, 5) is 0.264. The van der Waals surface area contributed by atoms with Gasteiger partial charge in [0.2, 0.25) is 10.0 Å². The fourth-order valence-electron chi connectivity index (χ4n) is 1.51. The van der Waals surface area contributed by atoms with Gasteiger partial charge in [0.15, 0.2) is 0 Å². The minimum Gasteiger partial charge on any atom is -0.214 e. The SMILES string of the molecule is CNS(=O)(=O)c1cc(Br)c2ccccc2c1. The molecule has 0 aromatic heterocycles. The molecule has 0 unspecified atom stereocenters. The molecule has 0 aliphatic carbocycles. The van der Waals surface area contributed by atoms with E-state index in [4.69, 9.17) is 0 Å². The van der Waals surface area contributed by atoms with Crippen LogP contribution in [0, 0.1) is 0 Å². The van der Waals surface area contributed by atoms with Gasteiger partial charge < -0.3 is 0 Å². The fraction of sp³-hybridized carbons (Fsp3) is 0.0909. The molecule has 2 aromatic rings. The largest absolute Gasteiger partial charge is 0.240 e. The minimum absolute atomic E-state index is 0.264.